The number of carbonyl (C=O) groups excluding carboxylic acids is 7. The number of ketones is 2. The number of carboxylic acid groups (broad SMARTS) is 1. The molecular weight excluding hydrogens is 1430 g/mol. The molecular formula is C86H115LiN6O19. The zero-order chi connectivity index (χ0) is 78.2. The van der Waals surface area contributed by atoms with E-state index < -0.39 is 75.1 Å². The molecule has 10 heterocycles. The molecule has 2 saturated carbocycles. The van der Waals surface area contributed by atoms with E-state index in [0.29, 0.717) is 120 Å². The predicted molar refractivity (Wildman–Crippen MR) is 411 cm³/mol. The summed E-state index contributed by atoms with van der Waals surface area (Å²) in [4.78, 5) is 130. The predicted octanol–water partition coefficient (Wildman–Crippen LogP) is 9.24. The third kappa shape index (κ3) is 18.4. The minimum Gasteiger partial charge on any atom is -0.870 e. The van der Waals surface area contributed by atoms with Crippen LogP contribution in [0.3, 0.4) is 0 Å². The Bertz CT molecular complexity index is 4240. The van der Waals surface area contributed by atoms with Gasteiger partial charge in [0.15, 0.2) is 11.6 Å². The molecule has 2 unspecified atom stereocenters. The molecule has 4 aromatic rings. The van der Waals surface area contributed by atoms with Crippen LogP contribution in [-0.2, 0) is 62.0 Å². The standard InChI is InChI=1S/C44H59N3O9.C42H55N3O9.Li.H2O/c1-7-54-41(51)44-23-30(44)14-12-10-8-9-11-13-29(21-37(49)55-42(3,4)5)40(50)47-27-43(24-34(47)36(48)26-44)25-35(46-17-19-53-20-18-46)38-32-22-31(52-6)15-16-33(32)45-28(2)39(38)56-43;1-26-37-36(30-20-29(51-5)13-14-31(30)43-26)33(44-15-17-52-18-16-44)23-41(54-37)22-32-34(46)24-42(39(49)50)21-28(42)12-10-8-6-7-9-11-27(38(48)45(32)25-41)19-35(47)53-40(2,3)4;;/h12,14-16,22,29-30,34-35H,7-11,13,17-21,23-27H2,1-6H3;10,12-14,20,27-28,32-33H,6-9,11,15-19,21-25H2,1-5H3,(H,49,50);;1H2/q;;+1;/p-1/b14-12-;12-10-;;/t29-,30-,34+,35?,43+,44-;27-,28-,32+,33?,41+,42-;;/m11../s1. The quantitative estimate of drug-likeness (QED) is 0.0632. The maximum Gasteiger partial charge on any atom is 1.00 e. The summed E-state index contributed by atoms with van der Waals surface area (Å²) in [6.45, 7) is 22.2. The summed E-state index contributed by atoms with van der Waals surface area (Å²) < 4.78 is 54.1. The molecule has 604 valence electrons. The van der Waals surface area contributed by atoms with Gasteiger partial charge in [-0.15, -0.1) is 0 Å². The Hall–Kier alpha value is -7.50. The van der Waals surface area contributed by atoms with Crippen molar-refractivity contribution in [2.45, 2.75) is 237 Å². The third-order valence-electron chi connectivity index (χ3n) is 24.5. The van der Waals surface area contributed by atoms with Gasteiger partial charge in [0.05, 0.1) is 119 Å². The summed E-state index contributed by atoms with van der Waals surface area (Å²) in [6.07, 6.45) is 17.9. The second-order valence-corrected chi connectivity index (χ2v) is 34.7. The van der Waals surface area contributed by atoms with Crippen LogP contribution in [0.2, 0.25) is 0 Å². The smallest absolute Gasteiger partial charge is 0.870 e. The maximum atomic E-state index is 15.0. The summed E-state index contributed by atoms with van der Waals surface area (Å²) in [5.41, 5.74) is -0.339. The molecule has 2 spiro atoms. The van der Waals surface area contributed by atoms with Crippen molar-refractivity contribution in [1.82, 2.24) is 29.6 Å². The van der Waals surface area contributed by atoms with Crippen LogP contribution in [0.1, 0.15) is 211 Å². The second kappa shape index (κ2) is 34.9. The minimum absolute atomic E-state index is 0. The largest absolute Gasteiger partial charge is 1.00 e. The van der Waals surface area contributed by atoms with E-state index >= 15 is 4.79 Å². The van der Waals surface area contributed by atoms with E-state index in [0.717, 1.165) is 90.0 Å². The number of aromatic nitrogens is 2. The molecule has 0 bridgehead atoms. The molecule has 14 rings (SSSR count). The molecule has 2 aliphatic carbocycles. The molecule has 2 aromatic carbocycles. The summed E-state index contributed by atoms with van der Waals surface area (Å²) in [5.74, 6) is -2.19. The summed E-state index contributed by atoms with van der Waals surface area (Å²) in [7, 11) is 3.29. The van der Waals surface area contributed by atoms with E-state index in [1.165, 1.54) is 0 Å². The Balaban J connectivity index is 0.000000218. The first-order valence-corrected chi connectivity index (χ1v) is 40.3. The maximum absolute atomic E-state index is 15.0. The number of ether oxygens (including phenoxy) is 9. The number of morpholine rings is 2. The van der Waals surface area contributed by atoms with Gasteiger partial charge in [0.1, 0.15) is 45.4 Å². The van der Waals surface area contributed by atoms with Gasteiger partial charge in [-0.05, 0) is 162 Å². The number of carboxylic acids is 1. The van der Waals surface area contributed by atoms with E-state index in [4.69, 9.17) is 52.6 Å². The number of methoxy groups -OCH3 is 2. The SMILES string of the molecule is CCOC(=O)[C@]12CC(=O)[C@@H]3C[C@]4(CC(N5CCOCC5)c5c(c(C)nc6ccc(OC)cc56)O4)CN3C(=O)[C@@H](CC(=O)OC(C)(C)C)CCCCC/C=C\[C@@H]1C2.COc1ccc2nc(C)c3c(c2c1)C(N1CCOCC1)C[C@]1(C[C@H]2C(=O)C[C@]4(C(=O)O)C[C@H]4/C=C\CCCCC[C@H](CC(=O)OC(C)(C)C)C(=O)N2C1)O3.[Li+].[OH-]. The first-order valence-electron chi connectivity index (χ1n) is 40.3. The molecule has 2 N–H and O–H groups in total. The Kier molecular flexibility index (Phi) is 26.6. The van der Waals surface area contributed by atoms with Crippen molar-refractivity contribution < 1.29 is 110 Å². The third-order valence-corrected chi connectivity index (χ3v) is 24.5. The molecule has 6 fully saturated rings. The van der Waals surface area contributed by atoms with Crippen molar-refractivity contribution in [2.75, 3.05) is 86.5 Å². The first-order chi connectivity index (χ1) is 52.5. The molecule has 112 heavy (non-hydrogen) atoms. The Morgan fingerprint density at radius 2 is 0.964 bits per heavy atom. The fourth-order valence-electron chi connectivity index (χ4n) is 18.9. The van der Waals surface area contributed by atoms with Crippen LogP contribution in [0, 0.1) is 48.3 Å². The van der Waals surface area contributed by atoms with E-state index in [-0.39, 0.29) is 136 Å². The number of nitrogens with zero attached hydrogens (tertiary/aromatic N) is 6. The van der Waals surface area contributed by atoms with E-state index in [2.05, 4.69) is 22.0 Å². The van der Waals surface area contributed by atoms with Crippen molar-refractivity contribution in [2.24, 2.45) is 34.5 Å². The number of esters is 3. The molecule has 4 saturated heterocycles. The minimum atomic E-state index is -1.19. The van der Waals surface area contributed by atoms with Gasteiger partial charge in [-0.2, -0.15) is 0 Å². The summed E-state index contributed by atoms with van der Waals surface area (Å²) in [6, 6.07) is 9.71. The molecule has 2 amide bonds. The number of amides is 2. The van der Waals surface area contributed by atoms with Crippen molar-refractivity contribution in [3.05, 3.63) is 83.2 Å². The second-order valence-electron chi connectivity index (χ2n) is 34.7. The number of fused-ring (bicyclic) bond motifs is 10. The van der Waals surface area contributed by atoms with Crippen LogP contribution < -0.4 is 37.8 Å². The van der Waals surface area contributed by atoms with Gasteiger partial charge in [-0.25, -0.2) is 9.97 Å². The number of hydrogen-bond acceptors (Lipinski definition) is 22. The van der Waals surface area contributed by atoms with Gasteiger partial charge in [-0.3, -0.25) is 48.2 Å². The molecule has 2 aromatic heterocycles. The van der Waals surface area contributed by atoms with Gasteiger partial charge < -0.3 is 63.0 Å². The van der Waals surface area contributed by atoms with Crippen molar-refractivity contribution >= 4 is 69.1 Å². The molecule has 0 radical (unpaired) electrons. The van der Waals surface area contributed by atoms with Gasteiger partial charge in [0.2, 0.25) is 11.8 Å². The average molecular weight is 1540 g/mol. The topological polar surface area (TPSA) is 309 Å². The van der Waals surface area contributed by atoms with E-state index in [1.54, 1.807) is 51.7 Å². The number of carbonyl (C=O) groups is 8. The van der Waals surface area contributed by atoms with E-state index in [1.807, 2.05) is 83.2 Å². The van der Waals surface area contributed by atoms with Crippen molar-refractivity contribution in [3.63, 3.8) is 0 Å². The van der Waals surface area contributed by atoms with Crippen LogP contribution in [-0.4, -0.2) is 208 Å². The molecule has 10 aliphatic rings. The number of aliphatic carboxylic acids is 1. The Morgan fingerprint density at radius 1 is 0.562 bits per heavy atom. The number of Topliss-reactive ketones (excluding diaryl/α,β-unsaturated/α-hetero) is 2. The molecule has 12 atom stereocenters. The number of allylic oxidation sites excluding steroid dienone is 4. The Labute approximate surface area is 670 Å². The van der Waals surface area contributed by atoms with Gasteiger partial charge in [-0.1, -0.05) is 50.0 Å². The number of aryl methyl sites for hydroxylation is 2. The Morgan fingerprint density at radius 3 is 1.37 bits per heavy atom. The van der Waals surface area contributed by atoms with Crippen LogP contribution in [0.5, 0.6) is 23.0 Å². The normalized spacial score (nSPS) is 30.5. The average Bonchev–Trinajstić information content (AvgIpc) is 1.43. The van der Waals surface area contributed by atoms with Crippen LogP contribution in [0.4, 0.5) is 0 Å². The number of hydrogen-bond donors (Lipinski definition) is 1. The fourth-order valence-corrected chi connectivity index (χ4v) is 18.9. The monoisotopic (exact) mass is 1540 g/mol. The zero-order valence-corrected chi connectivity index (χ0v) is 67.8. The van der Waals surface area contributed by atoms with Gasteiger partial charge in [0, 0.05) is 111 Å². The number of benzene rings is 2. The first kappa shape index (κ1) is 85.4. The fraction of sp³-hybridized carbons (Fsp3) is 0.651. The zero-order valence-electron chi connectivity index (χ0n) is 67.8. The van der Waals surface area contributed by atoms with E-state index in [9.17, 15) is 38.7 Å². The van der Waals surface area contributed by atoms with Crippen LogP contribution in [0.15, 0.2) is 60.7 Å². The van der Waals surface area contributed by atoms with Crippen LogP contribution in [0.25, 0.3) is 21.8 Å². The molecule has 26 heteroatoms. The molecule has 25 nitrogen and oxygen atoms in total. The number of pyridine rings is 2. The number of rotatable bonds is 11. The summed E-state index contributed by atoms with van der Waals surface area (Å²) in [5, 5.41) is 12.3. The van der Waals surface area contributed by atoms with Gasteiger partial charge in [0.25, 0.3) is 0 Å². The van der Waals surface area contributed by atoms with Crippen LogP contribution >= 0.6 is 0 Å². The summed E-state index contributed by atoms with van der Waals surface area (Å²) >= 11 is 0. The molecule has 8 aliphatic heterocycles. The van der Waals surface area contributed by atoms with Crippen molar-refractivity contribution in [1.29, 1.82) is 0 Å². The van der Waals surface area contributed by atoms with Gasteiger partial charge >= 0.3 is 42.7 Å². The van der Waals surface area contributed by atoms with Crippen molar-refractivity contribution in [3.8, 4) is 23.0 Å².